The highest BCUT2D eigenvalue weighted by Gasteiger charge is 2.16. The quantitative estimate of drug-likeness (QED) is 0.175. The van der Waals surface area contributed by atoms with Crippen LogP contribution in [0.2, 0.25) is 0 Å². The van der Waals surface area contributed by atoms with Crippen LogP contribution in [0.5, 0.6) is 11.5 Å². The maximum atomic E-state index is 13.0. The van der Waals surface area contributed by atoms with Crippen LogP contribution in [0.3, 0.4) is 0 Å². The van der Waals surface area contributed by atoms with Crippen molar-refractivity contribution in [2.24, 2.45) is 0 Å². The number of carbonyl (C=O) groups excluding carboxylic acids is 2. The number of thiocarbonyl (C=S) groups is 1. The van der Waals surface area contributed by atoms with Gasteiger partial charge in [-0.25, -0.2) is 0 Å². The molecule has 0 saturated carbocycles. The normalized spacial score (nSPS) is 10.3. The van der Waals surface area contributed by atoms with Crippen LogP contribution in [-0.2, 0) is 0 Å². The van der Waals surface area contributed by atoms with Gasteiger partial charge in [0, 0.05) is 5.69 Å². The molecule has 0 aliphatic rings. The van der Waals surface area contributed by atoms with Crippen molar-refractivity contribution in [1.82, 2.24) is 5.32 Å². The second-order valence-electron chi connectivity index (χ2n) is 8.71. The number of hydrogen-bond donors (Lipinski definition) is 3. The number of hydrogen-bond acceptors (Lipinski definition) is 5. The summed E-state index contributed by atoms with van der Waals surface area (Å²) in [6.45, 7) is 4.58. The zero-order chi connectivity index (χ0) is 27.6. The first-order chi connectivity index (χ1) is 18.9. The third kappa shape index (κ3) is 7.66. The summed E-state index contributed by atoms with van der Waals surface area (Å²) in [4.78, 5) is 26.0. The molecule has 3 N–H and O–H groups in total. The summed E-state index contributed by atoms with van der Waals surface area (Å²) in [7, 11) is 0. The number of aryl methyl sites for hydroxylation is 2. The first-order valence-electron chi connectivity index (χ1n) is 12.4. The van der Waals surface area contributed by atoms with E-state index in [1.807, 2.05) is 62.4 Å². The van der Waals surface area contributed by atoms with Crippen molar-refractivity contribution in [3.8, 4) is 11.5 Å². The van der Waals surface area contributed by atoms with Gasteiger partial charge in [-0.3, -0.25) is 14.9 Å². The monoisotopic (exact) mass is 539 g/mol. The highest BCUT2D eigenvalue weighted by molar-refractivity contribution is 7.80. The van der Waals surface area contributed by atoms with E-state index in [1.165, 1.54) is 0 Å². The van der Waals surface area contributed by atoms with E-state index in [0.29, 0.717) is 34.9 Å². The topological polar surface area (TPSA) is 88.7 Å². The zero-order valence-electron chi connectivity index (χ0n) is 21.7. The van der Waals surface area contributed by atoms with E-state index < -0.39 is 5.91 Å². The first-order valence-corrected chi connectivity index (χ1v) is 12.8. The molecule has 39 heavy (non-hydrogen) atoms. The van der Waals surface area contributed by atoms with Crippen molar-refractivity contribution in [2.45, 2.75) is 13.8 Å². The minimum absolute atomic E-state index is 0.0497. The van der Waals surface area contributed by atoms with E-state index in [2.05, 4.69) is 16.0 Å². The lowest BCUT2D eigenvalue weighted by Gasteiger charge is -2.15. The Bertz CT molecular complexity index is 1470. The van der Waals surface area contributed by atoms with Crippen molar-refractivity contribution >= 4 is 40.5 Å². The van der Waals surface area contributed by atoms with Gasteiger partial charge in [-0.1, -0.05) is 48.5 Å². The predicted octanol–water partition coefficient (Wildman–Crippen LogP) is 6.14. The third-order valence-corrected chi connectivity index (χ3v) is 6.10. The van der Waals surface area contributed by atoms with Gasteiger partial charge in [0.25, 0.3) is 11.8 Å². The molecule has 0 atom stereocenters. The third-order valence-electron chi connectivity index (χ3n) is 5.90. The van der Waals surface area contributed by atoms with Crippen molar-refractivity contribution in [3.05, 3.63) is 119 Å². The number of amides is 2. The van der Waals surface area contributed by atoms with Crippen LogP contribution in [0.4, 0.5) is 11.4 Å². The summed E-state index contributed by atoms with van der Waals surface area (Å²) in [6.07, 6.45) is 0. The number of nitrogens with one attached hydrogen (secondary N) is 3. The lowest BCUT2D eigenvalue weighted by molar-refractivity contribution is 0.0971. The molecule has 0 bridgehead atoms. The van der Waals surface area contributed by atoms with Crippen LogP contribution in [0.25, 0.3) is 0 Å². The van der Waals surface area contributed by atoms with Gasteiger partial charge in [-0.15, -0.1) is 0 Å². The lowest BCUT2D eigenvalue weighted by Crippen LogP contribution is -2.35. The molecule has 0 fully saturated rings. The van der Waals surface area contributed by atoms with E-state index in [9.17, 15) is 9.59 Å². The van der Waals surface area contributed by atoms with Crippen LogP contribution < -0.4 is 25.4 Å². The van der Waals surface area contributed by atoms with Crippen LogP contribution in [0.15, 0.2) is 97.1 Å². The van der Waals surface area contributed by atoms with Gasteiger partial charge >= 0.3 is 0 Å². The first kappa shape index (κ1) is 27.3. The van der Waals surface area contributed by atoms with Crippen LogP contribution in [-0.4, -0.2) is 30.1 Å². The number of ether oxygens (including phenoxy) is 2. The van der Waals surface area contributed by atoms with Gasteiger partial charge in [0.2, 0.25) is 0 Å². The Hall–Kier alpha value is -4.69. The van der Waals surface area contributed by atoms with Gasteiger partial charge in [0.15, 0.2) is 5.11 Å². The average molecular weight is 540 g/mol. The fourth-order valence-corrected chi connectivity index (χ4v) is 3.94. The van der Waals surface area contributed by atoms with Crippen LogP contribution in [0.1, 0.15) is 31.8 Å². The standard InChI is InChI=1S/C31H29N3O4S/c1-21-16-17-23(20-22(21)2)32-29(35)25-12-6-8-14-27(25)33-31(39)34-30(36)26-13-7-9-15-28(26)38-19-18-37-24-10-4-3-5-11-24/h3-17,20H,18-19H2,1-2H3,(H,32,35)(H2,33,34,36,39). The largest absolute Gasteiger partial charge is 0.490 e. The van der Waals surface area contributed by atoms with Gasteiger partial charge in [-0.2, -0.15) is 0 Å². The molecule has 2 amide bonds. The Kier molecular flexibility index (Phi) is 9.26. The Balaban J connectivity index is 1.36. The van der Waals surface area contributed by atoms with E-state index >= 15 is 0 Å². The Labute approximate surface area is 233 Å². The summed E-state index contributed by atoms with van der Waals surface area (Å²) in [5.41, 5.74) is 4.09. The summed E-state index contributed by atoms with van der Waals surface area (Å²) < 4.78 is 11.4. The molecule has 4 rings (SSSR count). The molecule has 198 valence electrons. The molecule has 0 aliphatic carbocycles. The molecule has 0 aliphatic heterocycles. The Morgan fingerprint density at radius 3 is 2.13 bits per heavy atom. The molecule has 4 aromatic rings. The van der Waals surface area contributed by atoms with E-state index in [0.717, 1.165) is 16.9 Å². The summed E-state index contributed by atoms with van der Waals surface area (Å²) in [6, 6.07) is 29.0. The number of benzene rings is 4. The van der Waals surface area contributed by atoms with Crippen molar-refractivity contribution in [3.63, 3.8) is 0 Å². The SMILES string of the molecule is Cc1ccc(NC(=O)c2ccccc2NC(=S)NC(=O)c2ccccc2OCCOc2ccccc2)cc1C. The molecule has 0 radical (unpaired) electrons. The predicted molar refractivity (Wildman–Crippen MR) is 158 cm³/mol. The van der Waals surface area contributed by atoms with Crippen LogP contribution >= 0.6 is 12.2 Å². The molecule has 4 aromatic carbocycles. The molecule has 7 nitrogen and oxygen atoms in total. The summed E-state index contributed by atoms with van der Waals surface area (Å²) in [5.74, 6) is 0.408. The van der Waals surface area contributed by atoms with Gasteiger partial charge < -0.3 is 20.1 Å². The minimum Gasteiger partial charge on any atom is -0.490 e. The highest BCUT2D eigenvalue weighted by atomic mass is 32.1. The van der Waals surface area contributed by atoms with E-state index in [-0.39, 0.29) is 17.6 Å². The minimum atomic E-state index is -0.441. The van der Waals surface area contributed by atoms with Crippen molar-refractivity contribution in [1.29, 1.82) is 0 Å². The number of rotatable bonds is 9. The summed E-state index contributed by atoms with van der Waals surface area (Å²) in [5, 5.41) is 8.60. The molecule has 0 saturated heterocycles. The molecule has 0 heterocycles. The number of para-hydroxylation sites is 3. The van der Waals surface area contributed by atoms with Crippen LogP contribution in [0, 0.1) is 13.8 Å². The Morgan fingerprint density at radius 2 is 1.36 bits per heavy atom. The molecular weight excluding hydrogens is 510 g/mol. The fraction of sp³-hybridized carbons (Fsp3) is 0.129. The maximum Gasteiger partial charge on any atom is 0.261 e. The van der Waals surface area contributed by atoms with Gasteiger partial charge in [0.1, 0.15) is 24.7 Å². The second-order valence-corrected chi connectivity index (χ2v) is 9.12. The Morgan fingerprint density at radius 1 is 0.692 bits per heavy atom. The van der Waals surface area contributed by atoms with E-state index in [1.54, 1.807) is 48.5 Å². The molecular formula is C31H29N3O4S. The number of carbonyl (C=O) groups is 2. The lowest BCUT2D eigenvalue weighted by atomic mass is 10.1. The number of anilines is 2. The van der Waals surface area contributed by atoms with Crippen molar-refractivity contribution < 1.29 is 19.1 Å². The smallest absolute Gasteiger partial charge is 0.261 e. The second kappa shape index (κ2) is 13.2. The van der Waals surface area contributed by atoms with E-state index in [4.69, 9.17) is 21.7 Å². The molecule has 0 spiro atoms. The highest BCUT2D eigenvalue weighted by Crippen LogP contribution is 2.21. The van der Waals surface area contributed by atoms with Crippen molar-refractivity contribution in [2.75, 3.05) is 23.8 Å². The fourth-order valence-electron chi connectivity index (χ4n) is 3.74. The maximum absolute atomic E-state index is 13.0. The molecule has 8 heteroatoms. The average Bonchev–Trinajstić information content (AvgIpc) is 2.94. The van der Waals surface area contributed by atoms with Gasteiger partial charge in [0.05, 0.1) is 16.8 Å². The zero-order valence-corrected chi connectivity index (χ0v) is 22.5. The van der Waals surface area contributed by atoms with Gasteiger partial charge in [-0.05, 0) is 85.7 Å². The molecule has 0 unspecified atom stereocenters. The molecule has 0 aromatic heterocycles. The summed E-state index contributed by atoms with van der Waals surface area (Å²) >= 11 is 5.39.